The average molecular weight is 323 g/mol. The van der Waals surface area contributed by atoms with Crippen LogP contribution in [0.4, 0.5) is 0 Å². The second kappa shape index (κ2) is 5.88. The third-order valence-corrected chi connectivity index (χ3v) is 4.21. The predicted molar refractivity (Wildman–Crippen MR) is 84.6 cm³/mol. The fourth-order valence-corrected chi connectivity index (χ4v) is 3.04. The van der Waals surface area contributed by atoms with E-state index in [4.69, 9.17) is 0 Å². The lowest BCUT2D eigenvalue weighted by Crippen LogP contribution is -2.41. The van der Waals surface area contributed by atoms with Crippen molar-refractivity contribution in [2.45, 2.75) is 32.6 Å². The third-order valence-electron chi connectivity index (χ3n) is 4.21. The van der Waals surface area contributed by atoms with E-state index in [9.17, 15) is 4.79 Å². The summed E-state index contributed by atoms with van der Waals surface area (Å²) in [5.41, 5.74) is 1.11. The highest BCUT2D eigenvalue weighted by Crippen LogP contribution is 2.24. The molecule has 4 rings (SSSR count). The summed E-state index contributed by atoms with van der Waals surface area (Å²) in [5, 5.41) is 12.6. The van der Waals surface area contributed by atoms with Gasteiger partial charge in [-0.05, 0) is 12.5 Å². The van der Waals surface area contributed by atoms with E-state index in [2.05, 4.69) is 20.3 Å². The van der Waals surface area contributed by atoms with Gasteiger partial charge in [-0.25, -0.2) is 9.67 Å². The monoisotopic (exact) mass is 323 g/mol. The maximum atomic E-state index is 12.8. The van der Waals surface area contributed by atoms with Crippen molar-refractivity contribution in [3.63, 3.8) is 0 Å². The van der Waals surface area contributed by atoms with Crippen molar-refractivity contribution in [1.82, 2.24) is 34.4 Å². The molecule has 8 nitrogen and oxygen atoms in total. The zero-order valence-electron chi connectivity index (χ0n) is 13.3. The fraction of sp³-hybridized carbons (Fsp3) is 0.312. The van der Waals surface area contributed by atoms with Gasteiger partial charge in [0.1, 0.15) is 25.2 Å². The van der Waals surface area contributed by atoms with Crippen molar-refractivity contribution < 1.29 is 4.79 Å². The normalized spacial score (nSPS) is 17.1. The Morgan fingerprint density at radius 3 is 2.75 bits per heavy atom. The summed E-state index contributed by atoms with van der Waals surface area (Å²) in [5.74, 6) is 1.59. The maximum absolute atomic E-state index is 12.8. The van der Waals surface area contributed by atoms with Gasteiger partial charge in [0.25, 0.3) is 0 Å². The molecule has 0 radical (unpaired) electrons. The Balaban J connectivity index is 1.59. The second-order valence-corrected chi connectivity index (χ2v) is 5.85. The van der Waals surface area contributed by atoms with E-state index in [1.807, 2.05) is 46.7 Å². The van der Waals surface area contributed by atoms with Crippen LogP contribution in [0.5, 0.6) is 0 Å². The molecule has 1 atom stereocenters. The van der Waals surface area contributed by atoms with Crippen LogP contribution in [0.15, 0.2) is 43.0 Å². The molecule has 0 bridgehead atoms. The molecule has 1 aromatic carbocycles. The molecule has 8 heteroatoms. The number of hydrogen-bond donors (Lipinski definition) is 0. The van der Waals surface area contributed by atoms with Crippen LogP contribution in [0.1, 0.15) is 30.2 Å². The maximum Gasteiger partial charge on any atom is 0.246 e. The van der Waals surface area contributed by atoms with E-state index in [-0.39, 0.29) is 11.9 Å². The summed E-state index contributed by atoms with van der Waals surface area (Å²) in [7, 11) is 0. The number of nitrogens with zero attached hydrogens (tertiary/aromatic N) is 7. The standard InChI is InChI=1S/C16H17N7O/c1-12-16(24)21(7-13-5-3-2-4-6-13)8-14-19-20-15(23(12)14)9-22-11-17-10-18-22/h2-6,10-12H,7-9H2,1H3/t12-/m0/s1. The largest absolute Gasteiger partial charge is 0.329 e. The molecule has 122 valence electrons. The number of hydrogen-bond acceptors (Lipinski definition) is 5. The van der Waals surface area contributed by atoms with E-state index < -0.39 is 0 Å². The lowest BCUT2D eigenvalue weighted by molar-refractivity contribution is -0.137. The summed E-state index contributed by atoms with van der Waals surface area (Å²) in [4.78, 5) is 18.5. The van der Waals surface area contributed by atoms with Crippen LogP contribution in [0.3, 0.4) is 0 Å². The summed E-state index contributed by atoms with van der Waals surface area (Å²) in [6, 6.07) is 9.64. The third kappa shape index (κ3) is 2.55. The first kappa shape index (κ1) is 14.6. The number of rotatable bonds is 4. The number of benzene rings is 1. The predicted octanol–water partition coefficient (Wildman–Crippen LogP) is 1.02. The molecule has 0 spiro atoms. The first-order valence-electron chi connectivity index (χ1n) is 7.80. The molecular formula is C16H17N7O. The molecule has 1 aliphatic rings. The molecule has 3 heterocycles. The smallest absolute Gasteiger partial charge is 0.246 e. The van der Waals surface area contributed by atoms with Crippen LogP contribution in [0.25, 0.3) is 0 Å². The van der Waals surface area contributed by atoms with Crippen molar-refractivity contribution in [1.29, 1.82) is 0 Å². The molecule has 1 aliphatic heterocycles. The van der Waals surface area contributed by atoms with Crippen LogP contribution in [-0.2, 0) is 24.4 Å². The lowest BCUT2D eigenvalue weighted by atomic mass is 10.1. The number of aromatic nitrogens is 6. The summed E-state index contributed by atoms with van der Waals surface area (Å²) in [6.07, 6.45) is 3.10. The van der Waals surface area contributed by atoms with Crippen molar-refractivity contribution in [2.75, 3.05) is 0 Å². The Morgan fingerprint density at radius 2 is 2.00 bits per heavy atom. The Labute approximate surface area is 138 Å². The van der Waals surface area contributed by atoms with Gasteiger partial charge in [0.15, 0.2) is 11.6 Å². The molecule has 0 N–H and O–H groups in total. The summed E-state index contributed by atoms with van der Waals surface area (Å²) in [6.45, 7) is 3.37. The highest BCUT2D eigenvalue weighted by Gasteiger charge is 2.33. The first-order valence-corrected chi connectivity index (χ1v) is 7.80. The van der Waals surface area contributed by atoms with E-state index in [0.717, 1.165) is 17.2 Å². The molecule has 1 amide bonds. The van der Waals surface area contributed by atoms with Crippen LogP contribution < -0.4 is 0 Å². The minimum atomic E-state index is -0.328. The fourth-order valence-electron chi connectivity index (χ4n) is 3.04. The zero-order chi connectivity index (χ0) is 16.5. The molecule has 24 heavy (non-hydrogen) atoms. The van der Waals surface area contributed by atoms with Crippen LogP contribution in [-0.4, -0.2) is 40.3 Å². The van der Waals surface area contributed by atoms with Gasteiger partial charge in [-0.15, -0.1) is 10.2 Å². The van der Waals surface area contributed by atoms with Gasteiger partial charge >= 0.3 is 0 Å². The van der Waals surface area contributed by atoms with Gasteiger partial charge < -0.3 is 4.90 Å². The number of amides is 1. The van der Waals surface area contributed by atoms with Gasteiger partial charge in [-0.3, -0.25) is 9.36 Å². The van der Waals surface area contributed by atoms with Crippen LogP contribution in [0, 0.1) is 0 Å². The van der Waals surface area contributed by atoms with E-state index >= 15 is 0 Å². The molecular weight excluding hydrogens is 306 g/mol. The average Bonchev–Trinajstić information content (AvgIpc) is 3.24. The van der Waals surface area contributed by atoms with Crippen molar-refractivity contribution in [3.8, 4) is 0 Å². The molecule has 0 fully saturated rings. The number of fused-ring (bicyclic) bond motifs is 1. The number of carbonyl (C=O) groups is 1. The van der Waals surface area contributed by atoms with E-state index in [1.54, 1.807) is 11.0 Å². The van der Waals surface area contributed by atoms with Gasteiger partial charge in [0, 0.05) is 6.54 Å². The molecule has 2 aromatic heterocycles. The highest BCUT2D eigenvalue weighted by atomic mass is 16.2. The van der Waals surface area contributed by atoms with Crippen molar-refractivity contribution in [2.24, 2.45) is 0 Å². The minimum Gasteiger partial charge on any atom is -0.329 e. The highest BCUT2D eigenvalue weighted by molar-refractivity contribution is 5.81. The Morgan fingerprint density at radius 1 is 1.17 bits per heavy atom. The molecule has 0 saturated heterocycles. The Kier molecular flexibility index (Phi) is 3.56. The van der Waals surface area contributed by atoms with E-state index in [1.165, 1.54) is 6.33 Å². The number of carbonyl (C=O) groups excluding carboxylic acids is 1. The zero-order valence-corrected chi connectivity index (χ0v) is 13.3. The van der Waals surface area contributed by atoms with E-state index in [0.29, 0.717) is 19.6 Å². The topological polar surface area (TPSA) is 81.7 Å². The Hall–Kier alpha value is -3.03. The lowest BCUT2D eigenvalue weighted by Gasteiger charge is -2.32. The minimum absolute atomic E-state index is 0.0750. The summed E-state index contributed by atoms with van der Waals surface area (Å²) >= 11 is 0. The quantitative estimate of drug-likeness (QED) is 0.716. The van der Waals surface area contributed by atoms with Gasteiger partial charge in [-0.2, -0.15) is 5.10 Å². The van der Waals surface area contributed by atoms with Crippen LogP contribution in [0.2, 0.25) is 0 Å². The van der Waals surface area contributed by atoms with Gasteiger partial charge in [0.2, 0.25) is 5.91 Å². The second-order valence-electron chi connectivity index (χ2n) is 5.85. The molecule has 3 aromatic rings. The first-order chi connectivity index (χ1) is 11.7. The Bertz CT molecular complexity index is 841. The molecule has 0 unspecified atom stereocenters. The summed E-state index contributed by atoms with van der Waals surface area (Å²) < 4.78 is 3.58. The van der Waals surface area contributed by atoms with Crippen molar-refractivity contribution >= 4 is 5.91 Å². The molecule has 0 saturated carbocycles. The van der Waals surface area contributed by atoms with Gasteiger partial charge in [-0.1, -0.05) is 30.3 Å². The SMILES string of the molecule is C[C@H]1C(=O)N(Cc2ccccc2)Cc2nnc(Cn3cncn3)n21. The van der Waals surface area contributed by atoms with Crippen molar-refractivity contribution in [3.05, 3.63) is 60.2 Å². The van der Waals surface area contributed by atoms with Crippen LogP contribution >= 0.6 is 0 Å². The molecule has 0 aliphatic carbocycles. The van der Waals surface area contributed by atoms with Gasteiger partial charge in [0.05, 0.1) is 6.54 Å².